The second-order valence-corrected chi connectivity index (χ2v) is 8.09. The summed E-state index contributed by atoms with van der Waals surface area (Å²) in [5.74, 6) is 0.921. The average Bonchev–Trinajstić information content (AvgIpc) is 3.31. The first kappa shape index (κ1) is 23.6. The molecule has 0 unspecified atom stereocenters. The smallest absolute Gasteiger partial charge is 0.254 e. The van der Waals surface area contributed by atoms with Crippen LogP contribution in [0.4, 0.5) is 5.69 Å². The van der Waals surface area contributed by atoms with Gasteiger partial charge in [-0.05, 0) is 35.4 Å². The molecule has 178 valence electrons. The number of nitrogens with zero attached hydrogens (tertiary/aromatic N) is 5. The fourth-order valence-corrected chi connectivity index (χ4v) is 4.00. The number of aliphatic hydroxyl groups excluding tert-OH is 1. The van der Waals surface area contributed by atoms with Crippen molar-refractivity contribution >= 4 is 17.5 Å². The van der Waals surface area contributed by atoms with Crippen LogP contribution in [0.3, 0.4) is 0 Å². The fourth-order valence-electron chi connectivity index (χ4n) is 4.00. The van der Waals surface area contributed by atoms with Crippen LogP contribution in [-0.4, -0.2) is 73.5 Å². The highest BCUT2D eigenvalue weighted by Gasteiger charge is 2.47. The molecule has 1 fully saturated rings. The van der Waals surface area contributed by atoms with Crippen molar-refractivity contribution in [1.82, 2.24) is 4.90 Å². The number of hydrogen-bond donors (Lipinski definition) is 1. The predicted molar refractivity (Wildman–Crippen MR) is 125 cm³/mol. The van der Waals surface area contributed by atoms with Gasteiger partial charge in [-0.2, -0.15) is 0 Å². The summed E-state index contributed by atoms with van der Waals surface area (Å²) in [6.45, 7) is 2.52. The minimum atomic E-state index is -1.18. The zero-order chi connectivity index (χ0) is 23.8. The first-order valence-electron chi connectivity index (χ1n) is 11.2. The lowest BCUT2D eigenvalue weighted by Crippen LogP contribution is -2.53. The Balaban J connectivity index is 1.64. The lowest BCUT2D eigenvalue weighted by molar-refractivity contribution is -0.141. The SMILES string of the molecule is [N-]=[N+]=Nc1ccccc1C[C@]1(C(=O)N2CCOCC2)COC(c2ccc(OCCCO)cc2)=N1. The standard InChI is InChI=1S/C24H27N5O5/c25-28-27-21-5-2-1-4-19(21)16-24(23(31)29-10-14-32-15-11-29)17-34-22(26-24)18-6-8-20(9-7-18)33-13-3-12-30/h1-2,4-9,30H,3,10-17H2/t24-/m1/s1. The number of carbonyl (C=O) groups excluding carboxylic acids is 1. The molecule has 10 heteroatoms. The van der Waals surface area contributed by atoms with Gasteiger partial charge in [0, 0.05) is 48.7 Å². The van der Waals surface area contributed by atoms with Crippen LogP contribution in [0.2, 0.25) is 0 Å². The van der Waals surface area contributed by atoms with E-state index in [2.05, 4.69) is 10.0 Å². The number of ether oxygens (including phenoxy) is 3. The summed E-state index contributed by atoms with van der Waals surface area (Å²) in [6.07, 6.45) is 0.797. The highest BCUT2D eigenvalue weighted by molar-refractivity contribution is 6.00. The molecule has 1 N–H and O–H groups in total. The normalized spacial score (nSPS) is 19.7. The quantitative estimate of drug-likeness (QED) is 0.263. The van der Waals surface area contributed by atoms with E-state index >= 15 is 0 Å². The van der Waals surface area contributed by atoms with E-state index in [9.17, 15) is 4.79 Å². The van der Waals surface area contributed by atoms with Gasteiger partial charge in [0.05, 0.1) is 19.8 Å². The van der Waals surface area contributed by atoms with E-state index in [0.717, 1.165) is 11.1 Å². The van der Waals surface area contributed by atoms with Gasteiger partial charge in [-0.15, -0.1) is 0 Å². The van der Waals surface area contributed by atoms with Crippen molar-refractivity contribution in [2.75, 3.05) is 46.1 Å². The van der Waals surface area contributed by atoms with E-state index < -0.39 is 5.54 Å². The van der Waals surface area contributed by atoms with E-state index in [-0.39, 0.29) is 25.5 Å². The first-order chi connectivity index (χ1) is 16.6. The summed E-state index contributed by atoms with van der Waals surface area (Å²) >= 11 is 0. The summed E-state index contributed by atoms with van der Waals surface area (Å²) in [6, 6.07) is 14.5. The van der Waals surface area contributed by atoms with Gasteiger partial charge in [-0.1, -0.05) is 29.4 Å². The minimum Gasteiger partial charge on any atom is -0.494 e. The van der Waals surface area contributed by atoms with Gasteiger partial charge in [0.1, 0.15) is 12.4 Å². The number of carbonyl (C=O) groups is 1. The number of morpholine rings is 1. The van der Waals surface area contributed by atoms with E-state index in [1.807, 2.05) is 24.3 Å². The Labute approximate surface area is 197 Å². The minimum absolute atomic E-state index is 0.0742. The zero-order valence-corrected chi connectivity index (χ0v) is 18.8. The van der Waals surface area contributed by atoms with Gasteiger partial charge in [0.15, 0.2) is 5.54 Å². The van der Waals surface area contributed by atoms with Crippen LogP contribution in [0.15, 0.2) is 58.6 Å². The molecule has 0 bridgehead atoms. The van der Waals surface area contributed by atoms with Crippen molar-refractivity contribution in [3.05, 3.63) is 70.1 Å². The molecule has 2 aliphatic heterocycles. The van der Waals surface area contributed by atoms with Gasteiger partial charge in [-0.25, -0.2) is 4.99 Å². The van der Waals surface area contributed by atoms with Crippen molar-refractivity contribution < 1.29 is 24.1 Å². The number of hydrogen-bond acceptors (Lipinski definition) is 7. The molecule has 0 aromatic heterocycles. The molecule has 2 aromatic carbocycles. The Morgan fingerprint density at radius 2 is 1.97 bits per heavy atom. The molecule has 0 spiro atoms. The van der Waals surface area contributed by atoms with Crippen molar-refractivity contribution in [3.63, 3.8) is 0 Å². The molecule has 2 aromatic rings. The maximum atomic E-state index is 13.7. The van der Waals surface area contributed by atoms with Crippen LogP contribution in [0, 0.1) is 0 Å². The molecule has 10 nitrogen and oxygen atoms in total. The Morgan fingerprint density at radius 3 is 2.71 bits per heavy atom. The third kappa shape index (κ3) is 5.31. The third-order valence-electron chi connectivity index (χ3n) is 5.76. The fraction of sp³-hybridized carbons (Fsp3) is 0.417. The summed E-state index contributed by atoms with van der Waals surface area (Å²) in [5, 5.41) is 12.7. The monoisotopic (exact) mass is 465 g/mol. The maximum absolute atomic E-state index is 13.7. The number of amides is 1. The molecular formula is C24H27N5O5. The lowest BCUT2D eigenvalue weighted by atomic mass is 9.90. The molecule has 1 atom stereocenters. The second-order valence-electron chi connectivity index (χ2n) is 8.09. The molecule has 0 saturated carbocycles. The van der Waals surface area contributed by atoms with E-state index in [1.165, 1.54) is 0 Å². The predicted octanol–water partition coefficient (Wildman–Crippen LogP) is 3.01. The lowest BCUT2D eigenvalue weighted by Gasteiger charge is -2.33. The average molecular weight is 466 g/mol. The number of benzene rings is 2. The topological polar surface area (TPSA) is 129 Å². The van der Waals surface area contributed by atoms with Crippen LogP contribution in [0.5, 0.6) is 5.75 Å². The number of aliphatic imine (C=N–C) groups is 1. The maximum Gasteiger partial charge on any atom is 0.254 e. The molecule has 4 rings (SSSR count). The molecule has 0 radical (unpaired) electrons. The van der Waals surface area contributed by atoms with E-state index in [4.69, 9.17) is 29.8 Å². The Morgan fingerprint density at radius 1 is 1.21 bits per heavy atom. The summed E-state index contributed by atoms with van der Waals surface area (Å²) in [7, 11) is 0. The summed E-state index contributed by atoms with van der Waals surface area (Å²) in [4.78, 5) is 23.2. The zero-order valence-electron chi connectivity index (χ0n) is 18.8. The summed E-state index contributed by atoms with van der Waals surface area (Å²) in [5.41, 5.74) is 9.70. The largest absolute Gasteiger partial charge is 0.494 e. The van der Waals surface area contributed by atoms with E-state index in [0.29, 0.717) is 56.7 Å². The Kier molecular flexibility index (Phi) is 7.64. The third-order valence-corrected chi connectivity index (χ3v) is 5.76. The summed E-state index contributed by atoms with van der Waals surface area (Å²) < 4.78 is 17.0. The van der Waals surface area contributed by atoms with Crippen LogP contribution in [0.25, 0.3) is 10.4 Å². The second kappa shape index (κ2) is 11.0. The van der Waals surface area contributed by atoms with Crippen molar-refractivity contribution in [2.24, 2.45) is 10.1 Å². The van der Waals surface area contributed by atoms with Gasteiger partial charge in [-0.3, -0.25) is 4.79 Å². The molecule has 1 amide bonds. The van der Waals surface area contributed by atoms with Crippen LogP contribution in [-0.2, 0) is 20.7 Å². The first-order valence-corrected chi connectivity index (χ1v) is 11.2. The van der Waals surface area contributed by atoms with Crippen molar-refractivity contribution in [2.45, 2.75) is 18.4 Å². The molecule has 1 saturated heterocycles. The Hall–Kier alpha value is -3.59. The van der Waals surface area contributed by atoms with Crippen molar-refractivity contribution in [1.29, 1.82) is 0 Å². The van der Waals surface area contributed by atoms with Crippen molar-refractivity contribution in [3.8, 4) is 5.75 Å². The molecule has 0 aliphatic carbocycles. The number of rotatable bonds is 9. The Bertz CT molecular complexity index is 1080. The molecule has 2 aliphatic rings. The van der Waals surface area contributed by atoms with Crippen LogP contribution in [0.1, 0.15) is 17.5 Å². The van der Waals surface area contributed by atoms with Gasteiger partial charge in [0.2, 0.25) is 5.90 Å². The van der Waals surface area contributed by atoms with Gasteiger partial charge in [0.25, 0.3) is 5.91 Å². The molecule has 34 heavy (non-hydrogen) atoms. The highest BCUT2D eigenvalue weighted by atomic mass is 16.5. The molecular weight excluding hydrogens is 438 g/mol. The van der Waals surface area contributed by atoms with Gasteiger partial charge < -0.3 is 24.2 Å². The van der Waals surface area contributed by atoms with Crippen LogP contribution >= 0.6 is 0 Å². The molecule has 2 heterocycles. The number of aliphatic hydroxyl groups is 1. The van der Waals surface area contributed by atoms with Gasteiger partial charge >= 0.3 is 0 Å². The number of azide groups is 1. The van der Waals surface area contributed by atoms with E-state index in [1.54, 1.807) is 29.2 Å². The highest BCUT2D eigenvalue weighted by Crippen LogP contribution is 2.32. The van der Waals surface area contributed by atoms with Crippen LogP contribution < -0.4 is 4.74 Å².